The summed E-state index contributed by atoms with van der Waals surface area (Å²) in [5.41, 5.74) is 0. The van der Waals surface area contributed by atoms with Crippen molar-refractivity contribution in [1.82, 2.24) is 14.8 Å². The van der Waals surface area contributed by atoms with Crippen LogP contribution in [-0.2, 0) is 13.0 Å². The minimum absolute atomic E-state index is 0.272. The molecule has 16 heavy (non-hydrogen) atoms. The molecule has 0 amide bonds. The molecule has 2 aliphatic heterocycles. The molecule has 0 bridgehead atoms. The van der Waals surface area contributed by atoms with Crippen LogP contribution in [0.3, 0.4) is 0 Å². The monoisotopic (exact) mass is 239 g/mol. The van der Waals surface area contributed by atoms with E-state index in [0.717, 1.165) is 31.0 Å². The van der Waals surface area contributed by atoms with Gasteiger partial charge in [0.25, 0.3) is 0 Å². The summed E-state index contributed by atoms with van der Waals surface area (Å²) < 4.78 is 2.02. The van der Waals surface area contributed by atoms with Gasteiger partial charge < -0.3 is 5.11 Å². The van der Waals surface area contributed by atoms with Crippen molar-refractivity contribution in [3.63, 3.8) is 0 Å². The van der Waals surface area contributed by atoms with Gasteiger partial charge in [-0.25, -0.2) is 9.67 Å². The lowest BCUT2D eigenvalue weighted by Gasteiger charge is -2.19. The summed E-state index contributed by atoms with van der Waals surface area (Å²) in [6.45, 7) is 1.12. The van der Waals surface area contributed by atoms with E-state index in [1.807, 2.05) is 16.4 Å². The highest BCUT2D eigenvalue weighted by Gasteiger charge is 2.26. The minimum Gasteiger partial charge on any atom is -0.396 e. The molecule has 1 aromatic heterocycles. The molecule has 3 rings (SSSR count). The summed E-state index contributed by atoms with van der Waals surface area (Å²) in [4.78, 5) is 4.66. The lowest BCUT2D eigenvalue weighted by molar-refractivity contribution is 0.185. The molecule has 1 aromatic rings. The summed E-state index contributed by atoms with van der Waals surface area (Å²) in [5.74, 6) is 5.52. The molecule has 0 aromatic carbocycles. The zero-order chi connectivity index (χ0) is 11.0. The van der Waals surface area contributed by atoms with Crippen LogP contribution in [-0.4, -0.2) is 38.0 Å². The van der Waals surface area contributed by atoms with Crippen molar-refractivity contribution < 1.29 is 5.11 Å². The molecule has 5 heteroatoms. The zero-order valence-corrected chi connectivity index (χ0v) is 10.1. The number of aliphatic hydroxyl groups excluding tert-OH is 1. The smallest absolute Gasteiger partial charge is 0.154 e. The fraction of sp³-hybridized carbons (Fsp3) is 0.818. The molecule has 88 valence electrons. The van der Waals surface area contributed by atoms with Crippen LogP contribution in [0, 0.1) is 5.92 Å². The van der Waals surface area contributed by atoms with Gasteiger partial charge in [0.2, 0.25) is 0 Å². The molecular formula is C11H17N3OS. The highest BCUT2D eigenvalue weighted by atomic mass is 32.2. The van der Waals surface area contributed by atoms with Gasteiger partial charge in [-0.1, -0.05) is 0 Å². The van der Waals surface area contributed by atoms with E-state index in [1.165, 1.54) is 17.9 Å². The van der Waals surface area contributed by atoms with Gasteiger partial charge in [0.05, 0.1) is 0 Å². The molecule has 2 unspecified atom stereocenters. The molecule has 0 radical (unpaired) electrons. The maximum atomic E-state index is 9.17. The Morgan fingerprint density at radius 1 is 1.44 bits per heavy atom. The Hall–Kier alpha value is -0.550. The van der Waals surface area contributed by atoms with E-state index in [-0.39, 0.29) is 6.61 Å². The van der Waals surface area contributed by atoms with Crippen LogP contribution in [0.15, 0.2) is 0 Å². The van der Waals surface area contributed by atoms with Gasteiger partial charge in [-0.05, 0) is 18.6 Å². The van der Waals surface area contributed by atoms with Crippen molar-refractivity contribution in [3.8, 4) is 0 Å². The Bertz CT molecular complexity index is 373. The highest BCUT2D eigenvalue weighted by molar-refractivity contribution is 7.99. The molecule has 0 saturated carbocycles. The van der Waals surface area contributed by atoms with E-state index < -0.39 is 0 Å². The fourth-order valence-electron chi connectivity index (χ4n) is 2.45. The number of hydrogen-bond acceptors (Lipinski definition) is 4. The van der Waals surface area contributed by atoms with E-state index in [2.05, 4.69) is 10.1 Å². The number of rotatable bonds is 2. The number of fused-ring (bicyclic) bond motifs is 1. The van der Waals surface area contributed by atoms with Crippen LogP contribution in [0.5, 0.6) is 0 Å². The lowest BCUT2D eigenvalue weighted by atomic mass is 10.0. The largest absolute Gasteiger partial charge is 0.396 e. The van der Waals surface area contributed by atoms with Crippen LogP contribution in [0.1, 0.15) is 30.4 Å². The second kappa shape index (κ2) is 4.37. The van der Waals surface area contributed by atoms with Gasteiger partial charge in [0, 0.05) is 37.2 Å². The molecule has 1 fully saturated rings. The SMILES string of the molecule is OCC1CCc2nc(C3CCSC3)nn2C1. The molecule has 2 aliphatic rings. The normalized spacial score (nSPS) is 29.3. The standard InChI is InChI=1S/C11H17N3OS/c15-6-8-1-2-10-12-11(13-14(10)5-8)9-3-4-16-7-9/h8-9,15H,1-7H2. The number of aryl methyl sites for hydroxylation is 1. The predicted octanol–water partition coefficient (Wildman–Crippen LogP) is 1.05. The molecule has 1 saturated heterocycles. The maximum absolute atomic E-state index is 9.17. The summed E-state index contributed by atoms with van der Waals surface area (Å²) in [5, 5.41) is 13.8. The predicted molar refractivity (Wildman–Crippen MR) is 63.6 cm³/mol. The quantitative estimate of drug-likeness (QED) is 0.838. The molecule has 3 heterocycles. The first-order chi connectivity index (χ1) is 7.86. The Morgan fingerprint density at radius 3 is 3.12 bits per heavy atom. The van der Waals surface area contributed by atoms with Crippen molar-refractivity contribution in [2.24, 2.45) is 5.92 Å². The molecule has 0 aliphatic carbocycles. The van der Waals surface area contributed by atoms with Gasteiger partial charge in [-0.15, -0.1) is 0 Å². The molecule has 1 N–H and O–H groups in total. The minimum atomic E-state index is 0.272. The summed E-state index contributed by atoms with van der Waals surface area (Å²) in [7, 11) is 0. The van der Waals surface area contributed by atoms with Crippen LogP contribution < -0.4 is 0 Å². The Morgan fingerprint density at radius 2 is 2.38 bits per heavy atom. The molecule has 0 spiro atoms. The molecule has 4 nitrogen and oxygen atoms in total. The third kappa shape index (κ3) is 1.86. The number of aromatic nitrogens is 3. The van der Waals surface area contributed by atoms with Crippen molar-refractivity contribution >= 4 is 11.8 Å². The third-order valence-corrected chi connectivity index (χ3v) is 4.69. The van der Waals surface area contributed by atoms with Gasteiger partial charge >= 0.3 is 0 Å². The van der Waals surface area contributed by atoms with E-state index >= 15 is 0 Å². The van der Waals surface area contributed by atoms with Crippen LogP contribution in [0.25, 0.3) is 0 Å². The first-order valence-corrected chi connectivity index (χ1v) is 7.14. The van der Waals surface area contributed by atoms with Crippen molar-refractivity contribution in [1.29, 1.82) is 0 Å². The van der Waals surface area contributed by atoms with E-state index in [1.54, 1.807) is 0 Å². The summed E-state index contributed by atoms with van der Waals surface area (Å²) in [6.07, 6.45) is 3.24. The second-order valence-corrected chi connectivity index (χ2v) is 5.87. The van der Waals surface area contributed by atoms with Gasteiger partial charge in [-0.3, -0.25) is 0 Å². The average Bonchev–Trinajstić information content (AvgIpc) is 2.96. The van der Waals surface area contributed by atoms with Crippen LogP contribution >= 0.6 is 11.8 Å². The van der Waals surface area contributed by atoms with Gasteiger partial charge in [0.15, 0.2) is 5.82 Å². The van der Waals surface area contributed by atoms with E-state index in [9.17, 15) is 5.11 Å². The Balaban J connectivity index is 1.80. The fourth-order valence-corrected chi connectivity index (χ4v) is 3.67. The van der Waals surface area contributed by atoms with Crippen molar-refractivity contribution in [2.75, 3.05) is 18.1 Å². The number of hydrogen-bond donors (Lipinski definition) is 1. The topological polar surface area (TPSA) is 50.9 Å². The van der Waals surface area contributed by atoms with Crippen LogP contribution in [0.2, 0.25) is 0 Å². The van der Waals surface area contributed by atoms with Crippen LogP contribution in [0.4, 0.5) is 0 Å². The van der Waals surface area contributed by atoms with E-state index in [4.69, 9.17) is 0 Å². The molecule has 2 atom stereocenters. The number of nitrogens with zero attached hydrogens (tertiary/aromatic N) is 3. The van der Waals surface area contributed by atoms with Gasteiger partial charge in [0.1, 0.15) is 5.82 Å². The average molecular weight is 239 g/mol. The Labute approximate surface area is 99.4 Å². The van der Waals surface area contributed by atoms with Crippen molar-refractivity contribution in [2.45, 2.75) is 31.7 Å². The third-order valence-electron chi connectivity index (χ3n) is 3.53. The first-order valence-electron chi connectivity index (χ1n) is 5.99. The number of thioether (sulfide) groups is 1. The zero-order valence-electron chi connectivity index (χ0n) is 9.30. The highest BCUT2D eigenvalue weighted by Crippen LogP contribution is 2.31. The lowest BCUT2D eigenvalue weighted by Crippen LogP contribution is -2.23. The molecular weight excluding hydrogens is 222 g/mol. The first kappa shape index (κ1) is 10.6. The number of aliphatic hydroxyl groups is 1. The van der Waals surface area contributed by atoms with Crippen molar-refractivity contribution in [3.05, 3.63) is 11.6 Å². The maximum Gasteiger partial charge on any atom is 0.154 e. The van der Waals surface area contributed by atoms with E-state index in [0.29, 0.717) is 11.8 Å². The summed E-state index contributed by atoms with van der Waals surface area (Å²) >= 11 is 2.00. The van der Waals surface area contributed by atoms with Gasteiger partial charge in [-0.2, -0.15) is 16.9 Å². The summed E-state index contributed by atoms with van der Waals surface area (Å²) in [6, 6.07) is 0. The Kier molecular flexibility index (Phi) is 2.90. The second-order valence-electron chi connectivity index (χ2n) is 4.72.